The van der Waals surface area contributed by atoms with Crippen molar-refractivity contribution in [3.63, 3.8) is 0 Å². The second-order valence-electron chi connectivity index (χ2n) is 5.41. The average Bonchev–Trinajstić information content (AvgIpc) is 2.45. The molecule has 120 valence electrons. The molecule has 0 bridgehead atoms. The molecule has 1 aromatic carbocycles. The molecule has 0 radical (unpaired) electrons. The van der Waals surface area contributed by atoms with Crippen LogP contribution in [0.2, 0.25) is 0 Å². The van der Waals surface area contributed by atoms with Gasteiger partial charge < -0.3 is 9.84 Å². The smallest absolute Gasteiger partial charge is 0.240 e. The van der Waals surface area contributed by atoms with Gasteiger partial charge >= 0.3 is 0 Å². The number of hydrogen-bond acceptors (Lipinski definition) is 4. The van der Waals surface area contributed by atoms with Crippen molar-refractivity contribution in [3.8, 4) is 5.75 Å². The number of benzene rings is 1. The Morgan fingerprint density at radius 3 is 2.33 bits per heavy atom. The van der Waals surface area contributed by atoms with E-state index < -0.39 is 10.0 Å². The molecule has 0 aliphatic rings. The van der Waals surface area contributed by atoms with Crippen LogP contribution in [0.1, 0.15) is 33.6 Å². The van der Waals surface area contributed by atoms with Crippen molar-refractivity contribution in [2.24, 2.45) is 5.92 Å². The summed E-state index contributed by atoms with van der Waals surface area (Å²) in [6, 6.07) is 6.12. The lowest BCUT2D eigenvalue weighted by Gasteiger charge is -2.16. The Kier molecular flexibility index (Phi) is 7.14. The third-order valence-electron chi connectivity index (χ3n) is 3.01. The van der Waals surface area contributed by atoms with Crippen molar-refractivity contribution in [3.05, 3.63) is 24.3 Å². The molecule has 0 aliphatic heterocycles. The van der Waals surface area contributed by atoms with E-state index in [4.69, 9.17) is 9.84 Å². The molecule has 0 heterocycles. The Labute approximate surface area is 127 Å². The first kappa shape index (κ1) is 17.9. The van der Waals surface area contributed by atoms with E-state index in [0.717, 1.165) is 0 Å². The molecule has 0 fully saturated rings. The highest BCUT2D eigenvalue weighted by atomic mass is 32.2. The molecule has 0 aliphatic carbocycles. The van der Waals surface area contributed by atoms with Gasteiger partial charge in [-0.2, -0.15) is 0 Å². The SMILES string of the molecule is CCC(CCO)NS(=O)(=O)c1ccc(OCC(C)C)cc1. The van der Waals surface area contributed by atoms with E-state index in [1.807, 2.05) is 6.92 Å². The molecule has 0 spiro atoms. The van der Waals surface area contributed by atoms with E-state index in [1.54, 1.807) is 12.1 Å². The number of rotatable bonds is 9. The Balaban J connectivity index is 2.75. The van der Waals surface area contributed by atoms with E-state index >= 15 is 0 Å². The summed E-state index contributed by atoms with van der Waals surface area (Å²) in [5.41, 5.74) is 0. The molecule has 0 saturated carbocycles. The van der Waals surface area contributed by atoms with Crippen molar-refractivity contribution in [1.29, 1.82) is 0 Å². The summed E-state index contributed by atoms with van der Waals surface area (Å²) in [5.74, 6) is 1.07. The third kappa shape index (κ3) is 6.03. The normalized spacial score (nSPS) is 13.4. The average molecular weight is 315 g/mol. The maximum atomic E-state index is 12.2. The molecule has 0 saturated heterocycles. The number of aliphatic hydroxyl groups excluding tert-OH is 1. The highest BCUT2D eigenvalue weighted by molar-refractivity contribution is 7.89. The summed E-state index contributed by atoms with van der Waals surface area (Å²) in [4.78, 5) is 0.204. The van der Waals surface area contributed by atoms with Gasteiger partial charge in [-0.1, -0.05) is 20.8 Å². The van der Waals surface area contributed by atoms with E-state index in [9.17, 15) is 8.42 Å². The van der Waals surface area contributed by atoms with Crippen LogP contribution in [-0.2, 0) is 10.0 Å². The van der Waals surface area contributed by atoms with Gasteiger partial charge in [0.1, 0.15) is 5.75 Å². The number of hydrogen-bond donors (Lipinski definition) is 2. The monoisotopic (exact) mass is 315 g/mol. The molecule has 0 amide bonds. The summed E-state index contributed by atoms with van der Waals surface area (Å²) in [6.45, 7) is 6.54. The zero-order valence-electron chi connectivity index (χ0n) is 12.9. The Morgan fingerprint density at radius 2 is 1.86 bits per heavy atom. The maximum absolute atomic E-state index is 12.2. The minimum Gasteiger partial charge on any atom is -0.493 e. The molecule has 1 unspecified atom stereocenters. The lowest BCUT2D eigenvalue weighted by Crippen LogP contribution is -2.35. The van der Waals surface area contributed by atoms with Crippen LogP contribution in [0.15, 0.2) is 29.2 Å². The number of sulfonamides is 1. The standard InChI is InChI=1S/C15H25NO4S/c1-4-13(9-10-17)16-21(18,19)15-7-5-14(6-8-15)20-11-12(2)3/h5-8,12-13,16-17H,4,9-11H2,1-3H3. The number of ether oxygens (including phenoxy) is 1. The first-order chi connectivity index (χ1) is 9.89. The van der Waals surface area contributed by atoms with Gasteiger partial charge in [0.2, 0.25) is 10.0 Å². The van der Waals surface area contributed by atoms with Crippen LogP contribution in [-0.4, -0.2) is 32.8 Å². The van der Waals surface area contributed by atoms with Crippen LogP contribution in [0.5, 0.6) is 5.75 Å². The van der Waals surface area contributed by atoms with Crippen LogP contribution in [0, 0.1) is 5.92 Å². The Morgan fingerprint density at radius 1 is 1.24 bits per heavy atom. The molecule has 1 rings (SSSR count). The first-order valence-corrected chi connectivity index (χ1v) is 8.73. The summed E-state index contributed by atoms with van der Waals surface area (Å²) in [7, 11) is -3.56. The van der Waals surface area contributed by atoms with Crippen LogP contribution >= 0.6 is 0 Å². The quantitative estimate of drug-likeness (QED) is 0.732. The van der Waals surface area contributed by atoms with Gasteiger partial charge in [-0.15, -0.1) is 0 Å². The summed E-state index contributed by atoms with van der Waals surface area (Å²) in [5, 5.41) is 8.92. The van der Waals surface area contributed by atoms with Crippen LogP contribution in [0.3, 0.4) is 0 Å². The first-order valence-electron chi connectivity index (χ1n) is 7.25. The fourth-order valence-electron chi connectivity index (χ4n) is 1.77. The minimum absolute atomic E-state index is 0.0387. The molecular formula is C15H25NO4S. The van der Waals surface area contributed by atoms with Crippen LogP contribution < -0.4 is 9.46 Å². The number of aliphatic hydroxyl groups is 1. The zero-order valence-corrected chi connectivity index (χ0v) is 13.7. The van der Waals surface area contributed by atoms with Gasteiger partial charge in [0.15, 0.2) is 0 Å². The molecule has 1 atom stereocenters. The second kappa shape index (κ2) is 8.36. The Hall–Kier alpha value is -1.11. The topological polar surface area (TPSA) is 75.6 Å². The van der Waals surface area contributed by atoms with E-state index in [-0.39, 0.29) is 17.5 Å². The molecular weight excluding hydrogens is 290 g/mol. The Bertz CT molecular complexity index is 511. The highest BCUT2D eigenvalue weighted by Crippen LogP contribution is 2.17. The lowest BCUT2D eigenvalue weighted by molar-refractivity contribution is 0.270. The van der Waals surface area contributed by atoms with Gasteiger partial charge in [-0.05, 0) is 43.0 Å². The van der Waals surface area contributed by atoms with Crippen molar-refractivity contribution in [2.75, 3.05) is 13.2 Å². The van der Waals surface area contributed by atoms with E-state index in [2.05, 4.69) is 18.6 Å². The zero-order chi connectivity index (χ0) is 15.9. The third-order valence-corrected chi connectivity index (χ3v) is 4.55. The van der Waals surface area contributed by atoms with E-state index in [1.165, 1.54) is 12.1 Å². The fraction of sp³-hybridized carbons (Fsp3) is 0.600. The lowest BCUT2D eigenvalue weighted by atomic mass is 10.2. The summed E-state index contributed by atoms with van der Waals surface area (Å²) in [6.07, 6.45) is 1.04. The molecule has 0 aromatic heterocycles. The second-order valence-corrected chi connectivity index (χ2v) is 7.13. The van der Waals surface area contributed by atoms with Gasteiger partial charge in [-0.25, -0.2) is 13.1 Å². The van der Waals surface area contributed by atoms with Gasteiger partial charge in [0.05, 0.1) is 11.5 Å². The minimum atomic E-state index is -3.56. The summed E-state index contributed by atoms with van der Waals surface area (Å²) >= 11 is 0. The fourth-order valence-corrected chi connectivity index (χ4v) is 3.12. The number of nitrogens with one attached hydrogen (secondary N) is 1. The van der Waals surface area contributed by atoms with Gasteiger partial charge in [-0.3, -0.25) is 0 Å². The largest absolute Gasteiger partial charge is 0.493 e. The highest BCUT2D eigenvalue weighted by Gasteiger charge is 2.18. The van der Waals surface area contributed by atoms with Crippen LogP contribution in [0.4, 0.5) is 0 Å². The molecule has 5 nitrogen and oxygen atoms in total. The van der Waals surface area contributed by atoms with Gasteiger partial charge in [0, 0.05) is 12.6 Å². The van der Waals surface area contributed by atoms with Crippen molar-refractivity contribution < 1.29 is 18.3 Å². The molecule has 6 heteroatoms. The predicted molar refractivity (Wildman–Crippen MR) is 82.9 cm³/mol. The van der Waals surface area contributed by atoms with Crippen molar-refractivity contribution >= 4 is 10.0 Å². The maximum Gasteiger partial charge on any atom is 0.240 e. The van der Waals surface area contributed by atoms with Crippen LogP contribution in [0.25, 0.3) is 0 Å². The molecule has 1 aromatic rings. The van der Waals surface area contributed by atoms with Crippen molar-refractivity contribution in [1.82, 2.24) is 4.72 Å². The molecule has 21 heavy (non-hydrogen) atoms. The van der Waals surface area contributed by atoms with Crippen molar-refractivity contribution in [2.45, 2.75) is 44.6 Å². The molecule has 2 N–H and O–H groups in total. The predicted octanol–water partition coefficient (Wildman–Crippen LogP) is 2.16. The van der Waals surface area contributed by atoms with Gasteiger partial charge in [0.25, 0.3) is 0 Å². The summed E-state index contributed by atoms with van der Waals surface area (Å²) < 4.78 is 32.6. The van der Waals surface area contributed by atoms with E-state index in [0.29, 0.717) is 31.1 Å².